The van der Waals surface area contributed by atoms with Crippen molar-refractivity contribution in [3.05, 3.63) is 53.6 Å². The van der Waals surface area contributed by atoms with E-state index in [2.05, 4.69) is 15.4 Å². The van der Waals surface area contributed by atoms with Gasteiger partial charge in [-0.05, 0) is 43.2 Å². The minimum Gasteiger partial charge on any atom is -0.492 e. The van der Waals surface area contributed by atoms with E-state index in [0.29, 0.717) is 6.61 Å². The first-order valence-electron chi connectivity index (χ1n) is 6.21. The van der Waals surface area contributed by atoms with Crippen LogP contribution in [0.3, 0.4) is 0 Å². The summed E-state index contributed by atoms with van der Waals surface area (Å²) in [4.78, 5) is 8.37. The molecular weight excluding hydrogens is 240 g/mol. The summed E-state index contributed by atoms with van der Waals surface area (Å²) in [5, 5.41) is 0. The van der Waals surface area contributed by atoms with E-state index in [1.807, 2.05) is 32.0 Å². The highest BCUT2D eigenvalue weighted by Crippen LogP contribution is 2.23. The van der Waals surface area contributed by atoms with Gasteiger partial charge in [0.2, 0.25) is 0 Å². The van der Waals surface area contributed by atoms with Crippen LogP contribution in [0.2, 0.25) is 0 Å². The van der Waals surface area contributed by atoms with Crippen LogP contribution in [0, 0.1) is 6.92 Å². The highest BCUT2D eigenvalue weighted by molar-refractivity contribution is 5.34. The lowest BCUT2D eigenvalue weighted by molar-refractivity contribution is 0.338. The molecule has 0 spiro atoms. The molecule has 2 rings (SSSR count). The summed E-state index contributed by atoms with van der Waals surface area (Å²) in [5.74, 6) is 6.41. The van der Waals surface area contributed by atoms with Gasteiger partial charge < -0.3 is 4.74 Å². The van der Waals surface area contributed by atoms with Crippen LogP contribution in [0.1, 0.15) is 29.8 Å². The minimum absolute atomic E-state index is 0.130. The van der Waals surface area contributed by atoms with Gasteiger partial charge in [0.05, 0.1) is 18.8 Å². The molecule has 0 saturated heterocycles. The molecule has 0 aliphatic rings. The number of aryl methyl sites for hydroxylation is 1. The summed E-state index contributed by atoms with van der Waals surface area (Å²) in [7, 11) is 0. The Kier molecular flexibility index (Phi) is 4.43. The zero-order valence-electron chi connectivity index (χ0n) is 11.1. The SMILES string of the molecule is CCOc1cncc(C(NN)c2ccnc(C)c2)c1. The van der Waals surface area contributed by atoms with Gasteiger partial charge in [-0.2, -0.15) is 0 Å². The molecule has 0 aliphatic heterocycles. The Morgan fingerprint density at radius 3 is 2.84 bits per heavy atom. The molecule has 0 aromatic carbocycles. The predicted molar refractivity (Wildman–Crippen MR) is 73.5 cm³/mol. The van der Waals surface area contributed by atoms with E-state index in [1.54, 1.807) is 18.6 Å². The van der Waals surface area contributed by atoms with Gasteiger partial charge in [0.1, 0.15) is 5.75 Å². The van der Waals surface area contributed by atoms with Crippen molar-refractivity contribution in [2.45, 2.75) is 19.9 Å². The van der Waals surface area contributed by atoms with Crippen molar-refractivity contribution in [2.75, 3.05) is 6.61 Å². The number of ether oxygens (including phenoxy) is 1. The lowest BCUT2D eigenvalue weighted by Crippen LogP contribution is -2.29. The topological polar surface area (TPSA) is 73.1 Å². The Hall–Kier alpha value is -1.98. The Labute approximate surface area is 112 Å². The van der Waals surface area contributed by atoms with E-state index in [9.17, 15) is 0 Å². The number of rotatable bonds is 5. The van der Waals surface area contributed by atoms with Crippen LogP contribution in [0.15, 0.2) is 36.8 Å². The normalized spacial score (nSPS) is 12.2. The van der Waals surface area contributed by atoms with Gasteiger partial charge in [-0.25, -0.2) is 5.43 Å². The molecule has 19 heavy (non-hydrogen) atoms. The molecule has 0 aliphatic carbocycles. The van der Waals surface area contributed by atoms with E-state index >= 15 is 0 Å². The maximum absolute atomic E-state index is 5.67. The van der Waals surface area contributed by atoms with E-state index < -0.39 is 0 Å². The fourth-order valence-electron chi connectivity index (χ4n) is 1.97. The second-order valence-corrected chi connectivity index (χ2v) is 4.22. The number of nitrogens with one attached hydrogen (secondary N) is 1. The van der Waals surface area contributed by atoms with E-state index in [0.717, 1.165) is 22.6 Å². The van der Waals surface area contributed by atoms with Crippen molar-refractivity contribution in [2.24, 2.45) is 5.84 Å². The summed E-state index contributed by atoms with van der Waals surface area (Å²) in [6, 6.07) is 5.74. The van der Waals surface area contributed by atoms with Crippen molar-refractivity contribution in [3.63, 3.8) is 0 Å². The van der Waals surface area contributed by atoms with Crippen molar-refractivity contribution in [1.29, 1.82) is 0 Å². The summed E-state index contributed by atoms with van der Waals surface area (Å²) in [6.07, 6.45) is 5.25. The van der Waals surface area contributed by atoms with Crippen LogP contribution in [-0.2, 0) is 0 Å². The van der Waals surface area contributed by atoms with Crippen LogP contribution in [0.4, 0.5) is 0 Å². The van der Waals surface area contributed by atoms with E-state index in [4.69, 9.17) is 10.6 Å². The molecular formula is C14H18N4O. The fourth-order valence-corrected chi connectivity index (χ4v) is 1.97. The second kappa shape index (κ2) is 6.26. The maximum Gasteiger partial charge on any atom is 0.137 e. The van der Waals surface area contributed by atoms with Crippen molar-refractivity contribution < 1.29 is 4.74 Å². The van der Waals surface area contributed by atoms with Crippen LogP contribution >= 0.6 is 0 Å². The van der Waals surface area contributed by atoms with Gasteiger partial charge in [-0.1, -0.05) is 0 Å². The number of hydrogen-bond acceptors (Lipinski definition) is 5. The van der Waals surface area contributed by atoms with Crippen molar-refractivity contribution in [1.82, 2.24) is 15.4 Å². The molecule has 5 nitrogen and oxygen atoms in total. The number of nitrogens with zero attached hydrogens (tertiary/aromatic N) is 2. The quantitative estimate of drug-likeness (QED) is 0.631. The van der Waals surface area contributed by atoms with Crippen LogP contribution in [0.5, 0.6) is 5.75 Å². The molecule has 0 bridgehead atoms. The summed E-state index contributed by atoms with van der Waals surface area (Å²) in [6.45, 7) is 4.50. The number of hydrazine groups is 1. The lowest BCUT2D eigenvalue weighted by Gasteiger charge is -2.17. The van der Waals surface area contributed by atoms with Crippen molar-refractivity contribution >= 4 is 0 Å². The molecule has 0 radical (unpaired) electrons. The van der Waals surface area contributed by atoms with Crippen molar-refractivity contribution in [3.8, 4) is 5.75 Å². The molecule has 2 aromatic rings. The molecule has 0 saturated carbocycles. The Morgan fingerprint density at radius 2 is 2.16 bits per heavy atom. The predicted octanol–water partition coefficient (Wildman–Crippen LogP) is 1.74. The third-order valence-electron chi connectivity index (χ3n) is 2.80. The molecule has 1 unspecified atom stereocenters. The Bertz CT molecular complexity index is 544. The fraction of sp³-hybridized carbons (Fsp3) is 0.286. The highest BCUT2D eigenvalue weighted by Gasteiger charge is 2.14. The first kappa shape index (κ1) is 13.5. The minimum atomic E-state index is -0.130. The average molecular weight is 258 g/mol. The molecule has 2 aromatic heterocycles. The zero-order valence-corrected chi connectivity index (χ0v) is 11.1. The van der Waals surface area contributed by atoms with E-state index in [-0.39, 0.29) is 6.04 Å². The van der Waals surface area contributed by atoms with Crippen LogP contribution in [0.25, 0.3) is 0 Å². The first-order valence-corrected chi connectivity index (χ1v) is 6.21. The Morgan fingerprint density at radius 1 is 1.32 bits per heavy atom. The lowest BCUT2D eigenvalue weighted by atomic mass is 10.0. The summed E-state index contributed by atoms with van der Waals surface area (Å²) >= 11 is 0. The van der Waals surface area contributed by atoms with Crippen LogP contribution in [-0.4, -0.2) is 16.6 Å². The molecule has 5 heteroatoms. The summed E-state index contributed by atoms with van der Waals surface area (Å²) < 4.78 is 5.46. The van der Waals surface area contributed by atoms with Gasteiger partial charge in [0.25, 0.3) is 0 Å². The van der Waals surface area contributed by atoms with Gasteiger partial charge in [-0.15, -0.1) is 0 Å². The smallest absolute Gasteiger partial charge is 0.137 e. The Balaban J connectivity index is 2.33. The average Bonchev–Trinajstić information content (AvgIpc) is 2.41. The third-order valence-corrected chi connectivity index (χ3v) is 2.80. The second-order valence-electron chi connectivity index (χ2n) is 4.22. The number of nitrogens with two attached hydrogens (primary N) is 1. The van der Waals surface area contributed by atoms with Gasteiger partial charge in [0, 0.05) is 18.1 Å². The first-order chi connectivity index (χ1) is 9.24. The standard InChI is InChI=1S/C14H18N4O/c1-3-19-13-7-12(8-16-9-13)14(18-15)11-4-5-17-10(2)6-11/h4-9,14,18H,3,15H2,1-2H3. The molecule has 0 fully saturated rings. The molecule has 1 atom stereocenters. The van der Waals surface area contributed by atoms with Gasteiger partial charge >= 0.3 is 0 Å². The molecule has 3 N–H and O–H groups in total. The number of aromatic nitrogens is 2. The van der Waals surface area contributed by atoms with Gasteiger partial charge in [-0.3, -0.25) is 15.8 Å². The summed E-state index contributed by atoms with van der Waals surface area (Å²) in [5.41, 5.74) is 5.76. The van der Waals surface area contributed by atoms with Gasteiger partial charge in [0.15, 0.2) is 0 Å². The number of pyridine rings is 2. The largest absolute Gasteiger partial charge is 0.492 e. The molecule has 2 heterocycles. The van der Waals surface area contributed by atoms with Crippen LogP contribution < -0.4 is 16.0 Å². The monoisotopic (exact) mass is 258 g/mol. The highest BCUT2D eigenvalue weighted by atomic mass is 16.5. The maximum atomic E-state index is 5.67. The number of hydrogen-bond donors (Lipinski definition) is 2. The third kappa shape index (κ3) is 3.27. The zero-order chi connectivity index (χ0) is 13.7. The molecule has 0 amide bonds. The molecule has 100 valence electrons. The van der Waals surface area contributed by atoms with E-state index in [1.165, 1.54) is 0 Å².